The minimum atomic E-state index is 0.00300. The Balaban J connectivity index is 3.13. The molecule has 0 aliphatic carbocycles. The first-order chi connectivity index (χ1) is 11.8. The molecule has 0 bridgehead atoms. The molecule has 0 aliphatic rings. The molecule has 0 heterocycles. The zero-order chi connectivity index (χ0) is 18.9. The van der Waals surface area contributed by atoms with E-state index in [4.69, 9.17) is 4.74 Å². The van der Waals surface area contributed by atoms with Gasteiger partial charge in [-0.2, -0.15) is 0 Å². The molecular formula is C23H38O2. The van der Waals surface area contributed by atoms with Crippen LogP contribution >= 0.6 is 0 Å². The van der Waals surface area contributed by atoms with E-state index < -0.39 is 0 Å². The van der Waals surface area contributed by atoms with Crippen LogP contribution in [0.25, 0.3) is 0 Å². The highest BCUT2D eigenvalue weighted by atomic mass is 16.5. The third kappa shape index (κ3) is 6.49. The molecule has 0 aromatic heterocycles. The maximum Gasteiger partial charge on any atom is 0.298 e. The van der Waals surface area contributed by atoms with Crippen molar-refractivity contribution in [1.29, 1.82) is 0 Å². The number of hydrogen-bond donors (Lipinski definition) is 0. The van der Waals surface area contributed by atoms with Gasteiger partial charge in [0.1, 0.15) is 5.75 Å². The van der Waals surface area contributed by atoms with Crippen molar-refractivity contribution in [2.24, 2.45) is 0 Å². The Kier molecular flexibility index (Phi) is 8.68. The number of hydrogen-bond acceptors (Lipinski definition) is 2. The molecule has 0 saturated heterocycles. The molecule has 1 rings (SSSR count). The van der Waals surface area contributed by atoms with E-state index in [9.17, 15) is 4.79 Å². The second-order valence-corrected chi connectivity index (χ2v) is 8.61. The van der Waals surface area contributed by atoms with Gasteiger partial charge in [0, 0.05) is 5.56 Å². The van der Waals surface area contributed by atoms with Crippen molar-refractivity contribution in [2.45, 2.75) is 104 Å². The molecule has 0 N–H and O–H groups in total. The smallest absolute Gasteiger partial charge is 0.298 e. The van der Waals surface area contributed by atoms with Gasteiger partial charge in [-0.15, -0.1) is 0 Å². The lowest BCUT2D eigenvalue weighted by Gasteiger charge is -2.31. The molecule has 2 nitrogen and oxygen atoms in total. The molecule has 1 aromatic carbocycles. The first-order valence-corrected chi connectivity index (χ1v) is 10.0. The van der Waals surface area contributed by atoms with Gasteiger partial charge in [0.25, 0.3) is 6.47 Å². The average molecular weight is 347 g/mol. The standard InChI is InChI=1S/C23H38O2/c1-7-9-11-15-22(3,4)19-13-14-21(25-18-24)20(17-19)23(5,6)16-12-10-8-2/h13-14,17-18H,7-12,15-16H2,1-6H3. The molecule has 0 unspecified atom stereocenters. The minimum absolute atomic E-state index is 0.00300. The van der Waals surface area contributed by atoms with Gasteiger partial charge in [-0.25, -0.2) is 0 Å². The monoisotopic (exact) mass is 346 g/mol. The zero-order valence-corrected chi connectivity index (χ0v) is 17.3. The van der Waals surface area contributed by atoms with Crippen LogP contribution in [-0.4, -0.2) is 6.47 Å². The first kappa shape index (κ1) is 21.7. The molecule has 0 spiro atoms. The highest BCUT2D eigenvalue weighted by molar-refractivity contribution is 5.51. The summed E-state index contributed by atoms with van der Waals surface area (Å²) in [4.78, 5) is 10.9. The van der Waals surface area contributed by atoms with Crippen LogP contribution in [0.15, 0.2) is 18.2 Å². The van der Waals surface area contributed by atoms with Gasteiger partial charge in [0.15, 0.2) is 0 Å². The third-order valence-corrected chi connectivity index (χ3v) is 5.48. The molecule has 0 radical (unpaired) electrons. The SMILES string of the molecule is CCCCCC(C)(C)c1ccc(OC=O)c(C(C)(C)CCCCC)c1. The van der Waals surface area contributed by atoms with E-state index in [1.54, 1.807) is 0 Å². The lowest BCUT2D eigenvalue weighted by molar-refractivity contribution is -0.120. The maximum absolute atomic E-state index is 10.9. The van der Waals surface area contributed by atoms with Crippen molar-refractivity contribution in [3.63, 3.8) is 0 Å². The predicted molar refractivity (Wildman–Crippen MR) is 107 cm³/mol. The summed E-state index contributed by atoms with van der Waals surface area (Å²) in [5, 5.41) is 0. The zero-order valence-electron chi connectivity index (χ0n) is 17.3. The second kappa shape index (κ2) is 9.99. The highest BCUT2D eigenvalue weighted by Crippen LogP contribution is 2.39. The quantitative estimate of drug-likeness (QED) is 0.303. The molecule has 0 amide bonds. The Hall–Kier alpha value is -1.31. The van der Waals surface area contributed by atoms with Gasteiger partial charge >= 0.3 is 0 Å². The molecule has 0 saturated carbocycles. The summed E-state index contributed by atoms with van der Waals surface area (Å²) in [7, 11) is 0. The second-order valence-electron chi connectivity index (χ2n) is 8.61. The van der Waals surface area contributed by atoms with E-state index in [1.807, 2.05) is 6.07 Å². The van der Waals surface area contributed by atoms with Crippen molar-refractivity contribution in [3.05, 3.63) is 29.3 Å². The van der Waals surface area contributed by atoms with Crippen molar-refractivity contribution in [3.8, 4) is 5.75 Å². The van der Waals surface area contributed by atoms with Crippen LogP contribution in [0.3, 0.4) is 0 Å². The number of carbonyl (C=O) groups excluding carboxylic acids is 1. The van der Waals surface area contributed by atoms with Crippen LogP contribution in [0.5, 0.6) is 5.75 Å². The van der Waals surface area contributed by atoms with Crippen LogP contribution in [-0.2, 0) is 15.6 Å². The summed E-state index contributed by atoms with van der Waals surface area (Å²) < 4.78 is 5.32. The summed E-state index contributed by atoms with van der Waals surface area (Å²) in [6.07, 6.45) is 9.75. The summed E-state index contributed by atoms with van der Waals surface area (Å²) in [6.45, 7) is 14.2. The first-order valence-electron chi connectivity index (χ1n) is 10.0. The van der Waals surface area contributed by atoms with Crippen molar-refractivity contribution >= 4 is 6.47 Å². The Morgan fingerprint density at radius 2 is 1.44 bits per heavy atom. The van der Waals surface area contributed by atoms with Crippen LogP contribution in [0.2, 0.25) is 0 Å². The molecular weight excluding hydrogens is 308 g/mol. The van der Waals surface area contributed by atoms with E-state index in [0.717, 1.165) is 12.0 Å². The summed E-state index contributed by atoms with van der Waals surface area (Å²) in [5.41, 5.74) is 2.66. The van der Waals surface area contributed by atoms with Gasteiger partial charge in [0.05, 0.1) is 0 Å². The summed E-state index contributed by atoms with van der Waals surface area (Å²) in [5.74, 6) is 0.713. The Morgan fingerprint density at radius 1 is 0.880 bits per heavy atom. The van der Waals surface area contributed by atoms with E-state index in [-0.39, 0.29) is 10.8 Å². The number of carbonyl (C=O) groups is 1. The number of benzene rings is 1. The fourth-order valence-electron chi connectivity index (χ4n) is 3.55. The van der Waals surface area contributed by atoms with Gasteiger partial charge in [0.2, 0.25) is 0 Å². The third-order valence-electron chi connectivity index (χ3n) is 5.48. The van der Waals surface area contributed by atoms with Crippen LogP contribution in [0.1, 0.15) is 104 Å². The van der Waals surface area contributed by atoms with Gasteiger partial charge in [-0.3, -0.25) is 4.79 Å². The minimum Gasteiger partial charge on any atom is -0.428 e. The van der Waals surface area contributed by atoms with E-state index in [2.05, 4.69) is 53.7 Å². The topological polar surface area (TPSA) is 26.3 Å². The molecule has 2 heteroatoms. The predicted octanol–water partition coefficient (Wildman–Crippen LogP) is 6.94. The molecule has 0 atom stereocenters. The molecule has 0 aliphatic heterocycles. The highest BCUT2D eigenvalue weighted by Gasteiger charge is 2.28. The maximum atomic E-state index is 10.9. The normalized spacial score (nSPS) is 12.2. The number of unbranched alkanes of at least 4 members (excludes halogenated alkanes) is 4. The Morgan fingerprint density at radius 3 is 1.96 bits per heavy atom. The average Bonchev–Trinajstić information content (AvgIpc) is 2.55. The number of rotatable bonds is 12. The summed E-state index contributed by atoms with van der Waals surface area (Å²) in [6, 6.07) is 6.41. The van der Waals surface area contributed by atoms with Crippen molar-refractivity contribution in [1.82, 2.24) is 0 Å². The molecule has 25 heavy (non-hydrogen) atoms. The van der Waals surface area contributed by atoms with E-state index in [1.165, 1.54) is 50.5 Å². The molecule has 142 valence electrons. The van der Waals surface area contributed by atoms with E-state index >= 15 is 0 Å². The lowest BCUT2D eigenvalue weighted by Crippen LogP contribution is -2.22. The fraction of sp³-hybridized carbons (Fsp3) is 0.696. The van der Waals surface area contributed by atoms with Crippen molar-refractivity contribution in [2.75, 3.05) is 0 Å². The lowest BCUT2D eigenvalue weighted by atomic mass is 9.74. The van der Waals surface area contributed by atoms with Gasteiger partial charge in [-0.05, 0) is 35.3 Å². The molecule has 1 aromatic rings. The van der Waals surface area contributed by atoms with E-state index in [0.29, 0.717) is 12.2 Å². The largest absolute Gasteiger partial charge is 0.428 e. The van der Waals surface area contributed by atoms with Crippen molar-refractivity contribution < 1.29 is 9.53 Å². The molecule has 0 fully saturated rings. The summed E-state index contributed by atoms with van der Waals surface area (Å²) >= 11 is 0. The van der Waals surface area contributed by atoms with Crippen LogP contribution < -0.4 is 4.74 Å². The van der Waals surface area contributed by atoms with Gasteiger partial charge < -0.3 is 4.74 Å². The number of ether oxygens (including phenoxy) is 1. The van der Waals surface area contributed by atoms with Gasteiger partial charge in [-0.1, -0.05) is 92.2 Å². The Bertz CT molecular complexity index is 529. The fourth-order valence-corrected chi connectivity index (χ4v) is 3.55. The van der Waals surface area contributed by atoms with Crippen LogP contribution in [0.4, 0.5) is 0 Å². The van der Waals surface area contributed by atoms with Crippen LogP contribution in [0, 0.1) is 0 Å². The Labute approximate surface area is 155 Å².